The van der Waals surface area contributed by atoms with Crippen LogP contribution in [0.2, 0.25) is 0 Å². The van der Waals surface area contributed by atoms with Gasteiger partial charge in [-0.05, 0) is 61.4 Å². The minimum atomic E-state index is 1.04. The van der Waals surface area contributed by atoms with E-state index in [-0.39, 0.29) is 0 Å². The maximum Gasteiger partial charge on any atom is -0.0146 e. The second-order valence-electron chi connectivity index (χ2n) is 5.60. The van der Waals surface area contributed by atoms with E-state index in [1.54, 1.807) is 0 Å². The zero-order valence-corrected chi connectivity index (χ0v) is 12.7. The van der Waals surface area contributed by atoms with Crippen LogP contribution in [-0.2, 0) is 12.8 Å². The van der Waals surface area contributed by atoms with Gasteiger partial charge in [-0.2, -0.15) is 0 Å². The SMILES string of the molecule is C=CCCc1cc(C)cc2c(CCC=C)cc(C)cc12. The molecule has 0 aliphatic carbocycles. The van der Waals surface area contributed by atoms with Crippen molar-refractivity contribution >= 4 is 10.8 Å². The van der Waals surface area contributed by atoms with E-state index in [1.165, 1.54) is 33.0 Å². The standard InChI is InChI=1S/C20H24/c1-5-7-9-17-11-15(3)14-20-18(10-8-6-2)12-16(4)13-19(17)20/h5-6,11-14H,1-2,7-10H2,3-4H3. The molecule has 0 N–H and O–H groups in total. The highest BCUT2D eigenvalue weighted by atomic mass is 14.1. The Bertz CT molecular complexity index is 575. The quantitative estimate of drug-likeness (QED) is 0.588. The van der Waals surface area contributed by atoms with Gasteiger partial charge < -0.3 is 0 Å². The average molecular weight is 264 g/mol. The molecule has 0 heteroatoms. The van der Waals surface area contributed by atoms with Crippen LogP contribution in [0.25, 0.3) is 10.8 Å². The lowest BCUT2D eigenvalue weighted by atomic mass is 9.92. The Kier molecular flexibility index (Phi) is 4.79. The largest absolute Gasteiger partial charge is 0.103 e. The molecular formula is C20H24. The Labute approximate surface area is 122 Å². The summed E-state index contributed by atoms with van der Waals surface area (Å²) >= 11 is 0. The Morgan fingerprint density at radius 1 is 0.750 bits per heavy atom. The maximum absolute atomic E-state index is 3.84. The second-order valence-corrected chi connectivity index (χ2v) is 5.60. The normalized spacial score (nSPS) is 10.7. The first kappa shape index (κ1) is 14.6. The molecular weight excluding hydrogens is 240 g/mol. The highest BCUT2D eigenvalue weighted by Crippen LogP contribution is 2.28. The first-order valence-electron chi connectivity index (χ1n) is 7.40. The molecule has 0 heterocycles. The lowest BCUT2D eigenvalue weighted by Crippen LogP contribution is -1.94. The van der Waals surface area contributed by atoms with E-state index in [2.05, 4.69) is 51.3 Å². The van der Waals surface area contributed by atoms with E-state index in [0.29, 0.717) is 0 Å². The van der Waals surface area contributed by atoms with E-state index in [0.717, 1.165) is 25.7 Å². The highest BCUT2D eigenvalue weighted by molar-refractivity contribution is 5.90. The fourth-order valence-electron chi connectivity index (χ4n) is 2.86. The van der Waals surface area contributed by atoms with Gasteiger partial charge in [-0.1, -0.05) is 47.5 Å². The van der Waals surface area contributed by atoms with Crippen LogP contribution >= 0.6 is 0 Å². The molecule has 104 valence electrons. The number of allylic oxidation sites excluding steroid dienone is 2. The van der Waals surface area contributed by atoms with Crippen molar-refractivity contribution < 1.29 is 0 Å². The Morgan fingerprint density at radius 3 is 1.50 bits per heavy atom. The van der Waals surface area contributed by atoms with Crippen LogP contribution in [0.4, 0.5) is 0 Å². The first-order chi connectivity index (χ1) is 9.65. The van der Waals surface area contributed by atoms with Crippen LogP contribution < -0.4 is 0 Å². The summed E-state index contributed by atoms with van der Waals surface area (Å²) in [4.78, 5) is 0. The number of hydrogen-bond acceptors (Lipinski definition) is 0. The fraction of sp³-hybridized carbons (Fsp3) is 0.300. The molecule has 0 fully saturated rings. The van der Waals surface area contributed by atoms with E-state index >= 15 is 0 Å². The fourth-order valence-corrected chi connectivity index (χ4v) is 2.86. The predicted molar refractivity (Wildman–Crippen MR) is 90.5 cm³/mol. The third kappa shape index (κ3) is 3.19. The van der Waals surface area contributed by atoms with Crippen molar-refractivity contribution in [3.63, 3.8) is 0 Å². The van der Waals surface area contributed by atoms with Gasteiger partial charge >= 0.3 is 0 Å². The average Bonchev–Trinajstić information content (AvgIpc) is 2.43. The van der Waals surface area contributed by atoms with Crippen LogP contribution in [0.3, 0.4) is 0 Å². The summed E-state index contributed by atoms with van der Waals surface area (Å²) in [6.07, 6.45) is 8.23. The molecule has 0 aliphatic rings. The third-order valence-electron chi connectivity index (χ3n) is 3.77. The van der Waals surface area contributed by atoms with Crippen LogP contribution in [0.1, 0.15) is 35.1 Å². The monoisotopic (exact) mass is 264 g/mol. The molecule has 0 spiro atoms. The molecule has 0 nitrogen and oxygen atoms in total. The van der Waals surface area contributed by atoms with Crippen LogP contribution in [0.15, 0.2) is 49.6 Å². The van der Waals surface area contributed by atoms with Crippen molar-refractivity contribution in [1.29, 1.82) is 0 Å². The zero-order chi connectivity index (χ0) is 14.5. The zero-order valence-electron chi connectivity index (χ0n) is 12.7. The summed E-state index contributed by atoms with van der Waals surface area (Å²) in [7, 11) is 0. The van der Waals surface area contributed by atoms with Crippen molar-refractivity contribution in [3.05, 3.63) is 71.8 Å². The van der Waals surface area contributed by atoms with Gasteiger partial charge in [0.25, 0.3) is 0 Å². The summed E-state index contributed by atoms with van der Waals surface area (Å²) < 4.78 is 0. The molecule has 0 aliphatic heterocycles. The second kappa shape index (κ2) is 6.56. The van der Waals surface area contributed by atoms with E-state index < -0.39 is 0 Å². The Balaban J connectivity index is 2.60. The molecule has 2 aromatic rings. The Hall–Kier alpha value is -1.82. The van der Waals surface area contributed by atoms with Gasteiger partial charge in [0.2, 0.25) is 0 Å². The lowest BCUT2D eigenvalue weighted by molar-refractivity contribution is 1.00. The molecule has 20 heavy (non-hydrogen) atoms. The summed E-state index contributed by atoms with van der Waals surface area (Å²) in [5.74, 6) is 0. The number of benzene rings is 2. The van der Waals surface area contributed by atoms with Crippen molar-refractivity contribution in [2.75, 3.05) is 0 Å². The predicted octanol–water partition coefficient (Wildman–Crippen LogP) is 5.69. The number of aryl methyl sites for hydroxylation is 4. The van der Waals surface area contributed by atoms with Gasteiger partial charge in [0.05, 0.1) is 0 Å². The van der Waals surface area contributed by atoms with Crippen LogP contribution in [0.5, 0.6) is 0 Å². The van der Waals surface area contributed by atoms with Crippen LogP contribution in [-0.4, -0.2) is 0 Å². The maximum atomic E-state index is 3.84. The van der Waals surface area contributed by atoms with Gasteiger partial charge in [-0.15, -0.1) is 13.2 Å². The minimum absolute atomic E-state index is 1.04. The number of rotatable bonds is 6. The van der Waals surface area contributed by atoms with Gasteiger partial charge in [-0.3, -0.25) is 0 Å². The highest BCUT2D eigenvalue weighted by Gasteiger charge is 2.07. The molecule has 0 bridgehead atoms. The third-order valence-corrected chi connectivity index (χ3v) is 3.77. The van der Waals surface area contributed by atoms with Crippen molar-refractivity contribution in [2.45, 2.75) is 39.5 Å². The summed E-state index contributed by atoms with van der Waals surface area (Å²) in [5.41, 5.74) is 5.59. The molecule has 0 radical (unpaired) electrons. The van der Waals surface area contributed by atoms with E-state index in [1.807, 2.05) is 12.2 Å². The van der Waals surface area contributed by atoms with Gasteiger partial charge in [0.1, 0.15) is 0 Å². The molecule has 0 unspecified atom stereocenters. The van der Waals surface area contributed by atoms with E-state index in [4.69, 9.17) is 0 Å². The molecule has 0 aromatic heterocycles. The molecule has 0 atom stereocenters. The van der Waals surface area contributed by atoms with Gasteiger partial charge in [0, 0.05) is 0 Å². The molecule has 2 rings (SSSR count). The minimum Gasteiger partial charge on any atom is -0.103 e. The number of hydrogen-bond donors (Lipinski definition) is 0. The molecule has 0 amide bonds. The van der Waals surface area contributed by atoms with Crippen molar-refractivity contribution in [3.8, 4) is 0 Å². The van der Waals surface area contributed by atoms with Crippen molar-refractivity contribution in [1.82, 2.24) is 0 Å². The Morgan fingerprint density at radius 2 is 1.15 bits per heavy atom. The smallest absolute Gasteiger partial charge is 0.0146 e. The summed E-state index contributed by atoms with van der Waals surface area (Å²) in [6, 6.07) is 9.29. The molecule has 0 saturated heterocycles. The van der Waals surface area contributed by atoms with Crippen LogP contribution in [0, 0.1) is 13.8 Å². The number of fused-ring (bicyclic) bond motifs is 1. The lowest BCUT2D eigenvalue weighted by Gasteiger charge is -2.13. The van der Waals surface area contributed by atoms with Gasteiger partial charge in [0.15, 0.2) is 0 Å². The molecule has 2 aromatic carbocycles. The summed E-state index contributed by atoms with van der Waals surface area (Å²) in [6.45, 7) is 12.1. The topological polar surface area (TPSA) is 0 Å². The first-order valence-corrected chi connectivity index (χ1v) is 7.40. The van der Waals surface area contributed by atoms with Crippen molar-refractivity contribution in [2.24, 2.45) is 0 Å². The molecule has 0 saturated carbocycles. The summed E-state index contributed by atoms with van der Waals surface area (Å²) in [5, 5.41) is 2.83. The van der Waals surface area contributed by atoms with Gasteiger partial charge in [-0.25, -0.2) is 0 Å². The van der Waals surface area contributed by atoms with E-state index in [9.17, 15) is 0 Å².